The zero-order chi connectivity index (χ0) is 24.6. The van der Waals surface area contributed by atoms with Gasteiger partial charge in [0.25, 0.3) is 0 Å². The van der Waals surface area contributed by atoms with E-state index in [1.807, 2.05) is 0 Å². The summed E-state index contributed by atoms with van der Waals surface area (Å²) in [6, 6.07) is -0.548. The molecule has 1 aliphatic heterocycles. The molecule has 3 rings (SSSR count). The first-order chi connectivity index (χ1) is 15.5. The van der Waals surface area contributed by atoms with Gasteiger partial charge in [-0.3, -0.25) is 9.59 Å². The van der Waals surface area contributed by atoms with Gasteiger partial charge in [-0.1, -0.05) is 6.92 Å². The topological polar surface area (TPSA) is 89.9 Å². The number of allylic oxidation sites excluding steroid dienone is 1. The minimum absolute atomic E-state index is 0.0362. The maximum absolute atomic E-state index is 15.0. The van der Waals surface area contributed by atoms with Gasteiger partial charge in [0.15, 0.2) is 23.3 Å². The standard InChI is InChI=1S/C22H25F4N3O4/c1-4-13(27-12-5-6-12)14(22(32)33)21(31)15-16(23)18(25)20(19(26)17(15)24)28-7-8-29(11(3)30)10(2)9-28/h10,12,27H,4-9H2,1-3H3,(H,32,33). The Morgan fingerprint density at radius 2 is 1.61 bits per heavy atom. The quantitative estimate of drug-likeness (QED) is 0.159. The molecule has 33 heavy (non-hydrogen) atoms. The molecule has 0 bridgehead atoms. The van der Waals surface area contributed by atoms with Crippen LogP contribution in [0.5, 0.6) is 0 Å². The number of carbonyl (C=O) groups is 3. The number of nitrogens with zero attached hydrogens (tertiary/aromatic N) is 2. The number of anilines is 1. The van der Waals surface area contributed by atoms with Crippen LogP contribution in [-0.4, -0.2) is 59.4 Å². The molecule has 0 spiro atoms. The number of halogens is 4. The summed E-state index contributed by atoms with van der Waals surface area (Å²) in [6.07, 6.45) is 1.51. The molecule has 1 aromatic rings. The molecule has 2 fully saturated rings. The fourth-order valence-corrected chi connectivity index (χ4v) is 4.04. The molecule has 180 valence electrons. The molecule has 1 aromatic carbocycles. The number of amides is 1. The molecule has 7 nitrogen and oxygen atoms in total. The molecule has 11 heteroatoms. The van der Waals surface area contributed by atoms with Crippen molar-refractivity contribution in [2.45, 2.75) is 52.1 Å². The van der Waals surface area contributed by atoms with E-state index in [2.05, 4.69) is 5.32 Å². The number of hydrogen-bond donors (Lipinski definition) is 2. The SMILES string of the molecule is CCC(NC1CC1)=C(C(=O)O)C(=O)c1c(F)c(F)c(N2CCN(C(C)=O)C(C)C2)c(F)c1F. The van der Waals surface area contributed by atoms with Crippen molar-refractivity contribution in [1.82, 2.24) is 10.2 Å². The molecule has 1 amide bonds. The molecule has 2 N–H and O–H groups in total. The summed E-state index contributed by atoms with van der Waals surface area (Å²) in [4.78, 5) is 38.7. The average Bonchev–Trinajstić information content (AvgIpc) is 3.55. The van der Waals surface area contributed by atoms with Crippen LogP contribution in [0.1, 0.15) is 50.4 Å². The number of aliphatic carboxylic acids is 1. The maximum atomic E-state index is 15.0. The Bertz CT molecular complexity index is 1010. The van der Waals surface area contributed by atoms with Crippen molar-refractivity contribution in [1.29, 1.82) is 0 Å². The Kier molecular flexibility index (Phi) is 6.99. The zero-order valence-electron chi connectivity index (χ0n) is 18.5. The fourth-order valence-electron chi connectivity index (χ4n) is 4.04. The van der Waals surface area contributed by atoms with Crippen molar-refractivity contribution in [3.63, 3.8) is 0 Å². The van der Waals surface area contributed by atoms with E-state index in [9.17, 15) is 37.1 Å². The lowest BCUT2D eigenvalue weighted by atomic mass is 9.97. The van der Waals surface area contributed by atoms with Gasteiger partial charge in [-0.2, -0.15) is 0 Å². The number of carboxylic acid groups (broad SMARTS) is 1. The molecule has 1 saturated heterocycles. The third kappa shape index (κ3) is 4.67. The number of carbonyl (C=O) groups excluding carboxylic acids is 2. The van der Waals surface area contributed by atoms with Crippen molar-refractivity contribution in [2.24, 2.45) is 0 Å². The van der Waals surface area contributed by atoms with Crippen molar-refractivity contribution in [2.75, 3.05) is 24.5 Å². The Balaban J connectivity index is 2.05. The number of hydrogen-bond acceptors (Lipinski definition) is 5. The Hall–Kier alpha value is -3.11. The van der Waals surface area contributed by atoms with E-state index in [0.717, 1.165) is 17.7 Å². The lowest BCUT2D eigenvalue weighted by molar-refractivity contribution is -0.132. The highest BCUT2D eigenvalue weighted by atomic mass is 19.2. The number of ketones is 1. The number of Topliss-reactive ketones (excluding diaryl/α,β-unsaturated/α-hetero) is 1. The molecular weight excluding hydrogens is 446 g/mol. The Morgan fingerprint density at radius 1 is 1.03 bits per heavy atom. The van der Waals surface area contributed by atoms with E-state index < -0.39 is 57.9 Å². The molecule has 0 aromatic heterocycles. The smallest absolute Gasteiger partial charge is 0.341 e. The number of rotatable bonds is 7. The van der Waals surface area contributed by atoms with Crippen molar-refractivity contribution < 1.29 is 37.1 Å². The number of carboxylic acids is 1. The van der Waals surface area contributed by atoms with Gasteiger partial charge < -0.3 is 20.2 Å². The molecular formula is C22H25F4N3O4. The van der Waals surface area contributed by atoms with E-state index in [4.69, 9.17) is 0 Å². The van der Waals surface area contributed by atoms with Crippen LogP contribution >= 0.6 is 0 Å². The van der Waals surface area contributed by atoms with Crippen LogP contribution in [0.3, 0.4) is 0 Å². The van der Waals surface area contributed by atoms with Gasteiger partial charge >= 0.3 is 5.97 Å². The molecule has 2 aliphatic rings. The highest BCUT2D eigenvalue weighted by Crippen LogP contribution is 2.34. The van der Waals surface area contributed by atoms with Gasteiger partial charge in [0.2, 0.25) is 11.7 Å². The van der Waals surface area contributed by atoms with E-state index >= 15 is 0 Å². The number of benzene rings is 1. The largest absolute Gasteiger partial charge is 0.477 e. The van der Waals surface area contributed by atoms with E-state index in [1.165, 1.54) is 11.8 Å². The third-order valence-corrected chi connectivity index (χ3v) is 5.87. The average molecular weight is 471 g/mol. The Morgan fingerprint density at radius 3 is 2.03 bits per heavy atom. The van der Waals surface area contributed by atoms with Crippen molar-refractivity contribution in [3.05, 3.63) is 40.1 Å². The maximum Gasteiger partial charge on any atom is 0.341 e. The summed E-state index contributed by atoms with van der Waals surface area (Å²) in [5.74, 6) is -11.2. The summed E-state index contributed by atoms with van der Waals surface area (Å²) in [7, 11) is 0. The van der Waals surface area contributed by atoms with Crippen LogP contribution in [0.2, 0.25) is 0 Å². The lowest BCUT2D eigenvalue weighted by Crippen LogP contribution is -2.54. The van der Waals surface area contributed by atoms with Crippen LogP contribution in [0.15, 0.2) is 11.3 Å². The van der Waals surface area contributed by atoms with Gasteiger partial charge in [0, 0.05) is 44.3 Å². The summed E-state index contributed by atoms with van der Waals surface area (Å²) < 4.78 is 59.8. The van der Waals surface area contributed by atoms with Gasteiger partial charge in [-0.05, 0) is 26.2 Å². The van der Waals surface area contributed by atoms with Crippen LogP contribution in [0.4, 0.5) is 23.2 Å². The van der Waals surface area contributed by atoms with E-state index in [0.29, 0.717) is 0 Å². The summed E-state index contributed by atoms with van der Waals surface area (Å²) in [5.41, 5.74) is -3.61. The van der Waals surface area contributed by atoms with Gasteiger partial charge in [-0.25, -0.2) is 22.4 Å². The summed E-state index contributed by atoms with van der Waals surface area (Å²) >= 11 is 0. The van der Waals surface area contributed by atoms with Crippen LogP contribution in [-0.2, 0) is 9.59 Å². The molecule has 1 heterocycles. The second-order valence-electron chi connectivity index (χ2n) is 8.25. The minimum Gasteiger partial charge on any atom is -0.477 e. The van der Waals surface area contributed by atoms with Crippen LogP contribution < -0.4 is 10.2 Å². The predicted molar refractivity (Wildman–Crippen MR) is 111 cm³/mol. The minimum atomic E-state index is -1.96. The number of nitrogens with one attached hydrogen (secondary N) is 1. The van der Waals surface area contributed by atoms with Gasteiger partial charge in [-0.15, -0.1) is 0 Å². The highest BCUT2D eigenvalue weighted by molar-refractivity contribution is 6.24. The molecule has 1 atom stereocenters. The summed E-state index contributed by atoms with van der Waals surface area (Å²) in [6.45, 7) is 4.40. The van der Waals surface area contributed by atoms with Gasteiger partial charge in [0.1, 0.15) is 16.8 Å². The van der Waals surface area contributed by atoms with Crippen molar-refractivity contribution >= 4 is 23.3 Å². The van der Waals surface area contributed by atoms with E-state index in [1.54, 1.807) is 13.8 Å². The first-order valence-electron chi connectivity index (χ1n) is 10.6. The molecule has 0 radical (unpaired) electrons. The molecule has 1 unspecified atom stereocenters. The molecule has 1 aliphatic carbocycles. The predicted octanol–water partition coefficient (Wildman–Crippen LogP) is 2.98. The molecule has 1 saturated carbocycles. The van der Waals surface area contributed by atoms with Gasteiger partial charge in [0.05, 0.1) is 0 Å². The van der Waals surface area contributed by atoms with E-state index in [-0.39, 0.29) is 43.7 Å². The third-order valence-electron chi connectivity index (χ3n) is 5.87. The normalized spacial score (nSPS) is 19.3. The van der Waals surface area contributed by atoms with Crippen LogP contribution in [0, 0.1) is 23.3 Å². The lowest BCUT2D eigenvalue weighted by Gasteiger charge is -2.40. The fraction of sp³-hybridized carbons (Fsp3) is 0.500. The van der Waals surface area contributed by atoms with Crippen LogP contribution in [0.25, 0.3) is 0 Å². The highest BCUT2D eigenvalue weighted by Gasteiger charge is 2.37. The number of piperazine rings is 1. The Labute approximate surface area is 188 Å². The van der Waals surface area contributed by atoms with Crippen molar-refractivity contribution in [3.8, 4) is 0 Å². The first kappa shape index (κ1) is 24.5. The second-order valence-corrected chi connectivity index (χ2v) is 8.25. The zero-order valence-corrected chi connectivity index (χ0v) is 18.5. The first-order valence-corrected chi connectivity index (χ1v) is 10.6. The monoisotopic (exact) mass is 471 g/mol. The second kappa shape index (κ2) is 9.40. The summed E-state index contributed by atoms with van der Waals surface area (Å²) in [5, 5.41) is 12.4.